The molecule has 2 aromatic carbocycles. The number of aliphatic hydroxyl groups is 1. The summed E-state index contributed by atoms with van der Waals surface area (Å²) in [4.78, 5) is 0. The van der Waals surface area contributed by atoms with Gasteiger partial charge in [-0.1, -0.05) is 48.5 Å². The van der Waals surface area contributed by atoms with Crippen LogP contribution < -0.4 is 10.1 Å². The van der Waals surface area contributed by atoms with Gasteiger partial charge in [-0.2, -0.15) is 0 Å². The molecule has 2 atom stereocenters. The second-order valence-electron chi connectivity index (χ2n) is 5.61. The first kappa shape index (κ1) is 16.5. The Hall–Kier alpha value is -1.84. The molecule has 3 heteroatoms. The second kappa shape index (κ2) is 9.23. The number of nitrogens with one attached hydrogen (secondary N) is 1. The van der Waals surface area contributed by atoms with Crippen molar-refractivity contribution in [2.45, 2.75) is 31.9 Å². The summed E-state index contributed by atoms with van der Waals surface area (Å²) in [5.74, 6) is 0.790. The van der Waals surface area contributed by atoms with Crippen LogP contribution in [0.5, 0.6) is 5.75 Å². The highest BCUT2D eigenvalue weighted by Crippen LogP contribution is 2.08. The SMILES string of the molecule is C[C@H](CCc1ccccc1)NC[C@H](O)COc1ccccc1. The molecule has 2 aromatic rings. The molecule has 2 rings (SSSR count). The second-order valence-corrected chi connectivity index (χ2v) is 5.61. The third-order valence-corrected chi connectivity index (χ3v) is 3.60. The third-order valence-electron chi connectivity index (χ3n) is 3.60. The van der Waals surface area contributed by atoms with Gasteiger partial charge in [-0.25, -0.2) is 0 Å². The molecule has 0 spiro atoms. The molecule has 22 heavy (non-hydrogen) atoms. The Morgan fingerprint density at radius 3 is 2.32 bits per heavy atom. The van der Waals surface area contributed by atoms with Crippen molar-refractivity contribution in [1.82, 2.24) is 5.32 Å². The highest BCUT2D eigenvalue weighted by Gasteiger charge is 2.08. The molecule has 0 heterocycles. The Labute approximate surface area is 133 Å². The van der Waals surface area contributed by atoms with E-state index in [-0.39, 0.29) is 0 Å². The molecule has 0 radical (unpaired) electrons. The Balaban J connectivity index is 1.60. The maximum atomic E-state index is 9.96. The maximum absolute atomic E-state index is 9.96. The minimum absolute atomic E-state index is 0.308. The fourth-order valence-corrected chi connectivity index (χ4v) is 2.24. The van der Waals surface area contributed by atoms with Crippen LogP contribution in [0.1, 0.15) is 18.9 Å². The van der Waals surface area contributed by atoms with E-state index in [9.17, 15) is 5.11 Å². The topological polar surface area (TPSA) is 41.5 Å². The van der Waals surface area contributed by atoms with Gasteiger partial charge in [-0.05, 0) is 37.5 Å². The number of rotatable bonds is 9. The van der Waals surface area contributed by atoms with E-state index in [1.54, 1.807) is 0 Å². The fourth-order valence-electron chi connectivity index (χ4n) is 2.24. The molecule has 0 aromatic heterocycles. The molecular weight excluding hydrogens is 274 g/mol. The van der Waals surface area contributed by atoms with E-state index in [1.807, 2.05) is 36.4 Å². The molecule has 0 aliphatic heterocycles. The molecule has 118 valence electrons. The van der Waals surface area contributed by atoms with Crippen molar-refractivity contribution in [3.8, 4) is 5.75 Å². The minimum atomic E-state index is -0.501. The van der Waals surface area contributed by atoms with Crippen LogP contribution in [0.15, 0.2) is 60.7 Å². The van der Waals surface area contributed by atoms with Crippen LogP contribution in [0.4, 0.5) is 0 Å². The number of aryl methyl sites for hydroxylation is 1. The number of hydrogen-bond donors (Lipinski definition) is 2. The van der Waals surface area contributed by atoms with Gasteiger partial charge in [-0.3, -0.25) is 0 Å². The molecule has 3 nitrogen and oxygen atoms in total. The third kappa shape index (κ3) is 6.29. The lowest BCUT2D eigenvalue weighted by molar-refractivity contribution is 0.104. The largest absolute Gasteiger partial charge is 0.491 e. The van der Waals surface area contributed by atoms with Gasteiger partial charge in [0, 0.05) is 12.6 Å². The lowest BCUT2D eigenvalue weighted by Crippen LogP contribution is -2.36. The van der Waals surface area contributed by atoms with Gasteiger partial charge in [0.1, 0.15) is 18.5 Å². The van der Waals surface area contributed by atoms with Crippen molar-refractivity contribution < 1.29 is 9.84 Å². The summed E-state index contributed by atoms with van der Waals surface area (Å²) in [5.41, 5.74) is 1.35. The summed E-state index contributed by atoms with van der Waals surface area (Å²) < 4.78 is 5.54. The predicted octanol–water partition coefficient (Wildman–Crippen LogP) is 3.04. The average molecular weight is 299 g/mol. The van der Waals surface area contributed by atoms with Crippen molar-refractivity contribution in [1.29, 1.82) is 0 Å². The van der Waals surface area contributed by atoms with Gasteiger partial charge >= 0.3 is 0 Å². The molecule has 0 unspecified atom stereocenters. The van der Waals surface area contributed by atoms with Crippen molar-refractivity contribution in [3.05, 3.63) is 66.2 Å². The van der Waals surface area contributed by atoms with Crippen LogP contribution in [0.25, 0.3) is 0 Å². The van der Waals surface area contributed by atoms with E-state index in [0.29, 0.717) is 19.2 Å². The average Bonchev–Trinajstić information content (AvgIpc) is 2.58. The number of hydrogen-bond acceptors (Lipinski definition) is 3. The Morgan fingerprint density at radius 1 is 1.00 bits per heavy atom. The quantitative estimate of drug-likeness (QED) is 0.748. The van der Waals surface area contributed by atoms with Crippen molar-refractivity contribution >= 4 is 0 Å². The Morgan fingerprint density at radius 2 is 1.64 bits per heavy atom. The first-order chi connectivity index (χ1) is 10.7. The van der Waals surface area contributed by atoms with Crippen LogP contribution in [-0.2, 0) is 6.42 Å². The van der Waals surface area contributed by atoms with Gasteiger partial charge in [0.25, 0.3) is 0 Å². The van der Waals surface area contributed by atoms with Gasteiger partial charge in [0.05, 0.1) is 0 Å². The fraction of sp³-hybridized carbons (Fsp3) is 0.368. The van der Waals surface area contributed by atoms with E-state index in [4.69, 9.17) is 4.74 Å². The predicted molar refractivity (Wildman–Crippen MR) is 90.2 cm³/mol. The summed E-state index contributed by atoms with van der Waals surface area (Å²) in [6, 6.07) is 20.4. The number of ether oxygens (including phenoxy) is 1. The first-order valence-electron chi connectivity index (χ1n) is 7.87. The van der Waals surface area contributed by atoms with Gasteiger partial charge in [0.2, 0.25) is 0 Å². The lowest BCUT2D eigenvalue weighted by atomic mass is 10.1. The molecular formula is C19H25NO2. The zero-order valence-electron chi connectivity index (χ0n) is 13.1. The van der Waals surface area contributed by atoms with E-state index in [2.05, 4.69) is 36.5 Å². The maximum Gasteiger partial charge on any atom is 0.119 e. The van der Waals surface area contributed by atoms with E-state index in [0.717, 1.165) is 18.6 Å². The molecule has 0 saturated heterocycles. The summed E-state index contributed by atoms with van der Waals surface area (Å²) in [7, 11) is 0. The summed E-state index contributed by atoms with van der Waals surface area (Å²) in [5, 5.41) is 13.3. The molecule has 2 N–H and O–H groups in total. The van der Waals surface area contributed by atoms with Gasteiger partial charge in [-0.15, -0.1) is 0 Å². The molecule has 0 bridgehead atoms. The molecule has 0 fully saturated rings. The zero-order chi connectivity index (χ0) is 15.6. The van der Waals surface area contributed by atoms with Crippen LogP contribution in [-0.4, -0.2) is 30.4 Å². The van der Waals surface area contributed by atoms with Crippen molar-refractivity contribution in [2.75, 3.05) is 13.2 Å². The Bertz CT molecular complexity index is 466. The molecule has 0 aliphatic rings. The Kier molecular flexibility index (Phi) is 6.94. The monoisotopic (exact) mass is 299 g/mol. The molecule has 0 saturated carbocycles. The van der Waals surface area contributed by atoms with Crippen LogP contribution in [0, 0.1) is 0 Å². The molecule has 0 aliphatic carbocycles. The standard InChI is InChI=1S/C19H25NO2/c1-16(12-13-17-8-4-2-5-9-17)20-14-18(21)15-22-19-10-6-3-7-11-19/h2-11,16,18,20-21H,12-15H2,1H3/t16-,18+/m1/s1. The highest BCUT2D eigenvalue weighted by atomic mass is 16.5. The van der Waals surface area contributed by atoms with E-state index < -0.39 is 6.10 Å². The number of para-hydroxylation sites is 1. The first-order valence-corrected chi connectivity index (χ1v) is 7.87. The van der Waals surface area contributed by atoms with Gasteiger partial charge < -0.3 is 15.2 Å². The lowest BCUT2D eigenvalue weighted by Gasteiger charge is -2.17. The van der Waals surface area contributed by atoms with Crippen molar-refractivity contribution in [3.63, 3.8) is 0 Å². The number of aliphatic hydroxyl groups excluding tert-OH is 1. The van der Waals surface area contributed by atoms with Crippen LogP contribution in [0.2, 0.25) is 0 Å². The van der Waals surface area contributed by atoms with E-state index >= 15 is 0 Å². The summed E-state index contributed by atoms with van der Waals surface area (Å²) in [6.07, 6.45) is 1.60. The normalized spacial score (nSPS) is 13.5. The van der Waals surface area contributed by atoms with Gasteiger partial charge in [0.15, 0.2) is 0 Å². The minimum Gasteiger partial charge on any atom is -0.491 e. The zero-order valence-corrected chi connectivity index (χ0v) is 13.1. The highest BCUT2D eigenvalue weighted by molar-refractivity contribution is 5.20. The molecule has 0 amide bonds. The van der Waals surface area contributed by atoms with Crippen LogP contribution >= 0.6 is 0 Å². The van der Waals surface area contributed by atoms with E-state index in [1.165, 1.54) is 5.56 Å². The smallest absolute Gasteiger partial charge is 0.119 e. The summed E-state index contributed by atoms with van der Waals surface area (Å²) >= 11 is 0. The summed E-state index contributed by atoms with van der Waals surface area (Å²) in [6.45, 7) is 3.00. The van der Waals surface area contributed by atoms with Crippen LogP contribution in [0.3, 0.4) is 0 Å². The van der Waals surface area contributed by atoms with Crippen molar-refractivity contribution in [2.24, 2.45) is 0 Å². The number of benzene rings is 2.